The third kappa shape index (κ3) is 3.82. The van der Waals surface area contributed by atoms with Crippen molar-refractivity contribution in [1.29, 1.82) is 0 Å². The van der Waals surface area contributed by atoms with Crippen molar-refractivity contribution in [3.8, 4) is 0 Å². The van der Waals surface area contributed by atoms with Gasteiger partial charge in [0.15, 0.2) is 5.78 Å². The van der Waals surface area contributed by atoms with E-state index < -0.39 is 0 Å². The van der Waals surface area contributed by atoms with Crippen LogP contribution in [0.5, 0.6) is 0 Å². The van der Waals surface area contributed by atoms with Gasteiger partial charge in [0.05, 0.1) is 0 Å². The van der Waals surface area contributed by atoms with Crippen LogP contribution < -0.4 is 5.32 Å². The number of nitrogens with one attached hydrogen (secondary N) is 1. The number of carbonyl (C=O) groups is 1. The molecule has 0 aliphatic carbocycles. The second-order valence-electron chi connectivity index (χ2n) is 4.97. The summed E-state index contributed by atoms with van der Waals surface area (Å²) in [6, 6.07) is 17.8. The Kier molecular flexibility index (Phi) is 4.72. The van der Waals surface area contributed by atoms with Crippen LogP contribution in [0.15, 0.2) is 66.2 Å². The monoisotopic (exact) mass is 265 g/mol. The standard InChI is InChI=1S/C18H19NO/c1-14(2)12-18(20)16-10-6-7-11-17(16)19-13-15-8-4-3-5-9-15/h3-12,19H,13H2,1-2H3. The van der Waals surface area contributed by atoms with E-state index in [1.54, 1.807) is 6.08 Å². The molecule has 0 unspecified atom stereocenters. The minimum absolute atomic E-state index is 0.0427. The average molecular weight is 265 g/mol. The van der Waals surface area contributed by atoms with E-state index in [-0.39, 0.29) is 5.78 Å². The van der Waals surface area contributed by atoms with Crippen LogP contribution >= 0.6 is 0 Å². The van der Waals surface area contributed by atoms with Crippen LogP contribution in [0.1, 0.15) is 29.8 Å². The Morgan fingerprint density at radius 2 is 1.65 bits per heavy atom. The molecule has 0 heterocycles. The van der Waals surface area contributed by atoms with Crippen molar-refractivity contribution in [3.63, 3.8) is 0 Å². The molecular weight excluding hydrogens is 246 g/mol. The van der Waals surface area contributed by atoms with Gasteiger partial charge < -0.3 is 5.32 Å². The van der Waals surface area contributed by atoms with E-state index in [0.717, 1.165) is 11.3 Å². The van der Waals surface area contributed by atoms with E-state index in [1.165, 1.54) is 5.56 Å². The molecule has 0 aliphatic heterocycles. The summed E-state index contributed by atoms with van der Waals surface area (Å²) in [5.41, 5.74) is 3.79. The summed E-state index contributed by atoms with van der Waals surface area (Å²) >= 11 is 0. The summed E-state index contributed by atoms with van der Waals surface area (Å²) in [4.78, 5) is 12.2. The molecule has 0 spiro atoms. The molecule has 0 radical (unpaired) electrons. The molecule has 2 aromatic rings. The Morgan fingerprint density at radius 1 is 1.00 bits per heavy atom. The molecule has 0 saturated heterocycles. The Bertz CT molecular complexity index is 610. The van der Waals surface area contributed by atoms with Gasteiger partial charge in [0.25, 0.3) is 0 Å². The number of rotatable bonds is 5. The Morgan fingerprint density at radius 3 is 2.35 bits per heavy atom. The van der Waals surface area contributed by atoms with E-state index in [9.17, 15) is 4.79 Å². The zero-order valence-corrected chi connectivity index (χ0v) is 11.9. The van der Waals surface area contributed by atoms with E-state index in [4.69, 9.17) is 0 Å². The van der Waals surface area contributed by atoms with E-state index in [2.05, 4.69) is 17.4 Å². The van der Waals surface area contributed by atoms with Crippen molar-refractivity contribution in [1.82, 2.24) is 0 Å². The van der Waals surface area contributed by atoms with E-state index in [0.29, 0.717) is 12.1 Å². The number of allylic oxidation sites excluding steroid dienone is 2. The molecule has 0 amide bonds. The predicted molar refractivity (Wildman–Crippen MR) is 84.0 cm³/mol. The van der Waals surface area contributed by atoms with Crippen LogP contribution in [0, 0.1) is 0 Å². The maximum atomic E-state index is 12.2. The highest BCUT2D eigenvalue weighted by atomic mass is 16.1. The molecule has 1 N–H and O–H groups in total. The van der Waals surface area contributed by atoms with Crippen molar-refractivity contribution in [3.05, 3.63) is 77.4 Å². The van der Waals surface area contributed by atoms with Crippen LogP contribution in [0.25, 0.3) is 0 Å². The SMILES string of the molecule is CC(C)=CC(=O)c1ccccc1NCc1ccccc1. The lowest BCUT2D eigenvalue weighted by Crippen LogP contribution is -2.05. The van der Waals surface area contributed by atoms with Crippen molar-refractivity contribution >= 4 is 11.5 Å². The minimum atomic E-state index is 0.0427. The van der Waals surface area contributed by atoms with Gasteiger partial charge in [-0.2, -0.15) is 0 Å². The fourth-order valence-corrected chi connectivity index (χ4v) is 1.99. The van der Waals surface area contributed by atoms with Gasteiger partial charge in [-0.3, -0.25) is 4.79 Å². The molecule has 0 atom stereocenters. The van der Waals surface area contributed by atoms with Gasteiger partial charge in [-0.1, -0.05) is 48.0 Å². The number of carbonyl (C=O) groups excluding carboxylic acids is 1. The summed E-state index contributed by atoms with van der Waals surface area (Å²) < 4.78 is 0. The van der Waals surface area contributed by atoms with Gasteiger partial charge in [0.1, 0.15) is 0 Å². The molecule has 102 valence electrons. The quantitative estimate of drug-likeness (QED) is 0.639. The lowest BCUT2D eigenvalue weighted by atomic mass is 10.1. The summed E-state index contributed by atoms with van der Waals surface area (Å²) in [6.45, 7) is 4.57. The van der Waals surface area contributed by atoms with Crippen LogP contribution in [0.2, 0.25) is 0 Å². The molecule has 2 rings (SSSR count). The van der Waals surface area contributed by atoms with Crippen molar-refractivity contribution in [2.45, 2.75) is 20.4 Å². The summed E-state index contributed by atoms with van der Waals surface area (Å²) in [5, 5.41) is 3.33. The molecule has 2 nitrogen and oxygen atoms in total. The molecule has 0 bridgehead atoms. The third-order valence-electron chi connectivity index (χ3n) is 2.94. The molecule has 0 fully saturated rings. The first-order chi connectivity index (χ1) is 9.66. The molecule has 2 heteroatoms. The first-order valence-corrected chi connectivity index (χ1v) is 6.73. The maximum absolute atomic E-state index is 12.2. The second kappa shape index (κ2) is 6.71. The molecule has 2 aromatic carbocycles. The lowest BCUT2D eigenvalue weighted by molar-refractivity contribution is 0.104. The fraction of sp³-hybridized carbons (Fsp3) is 0.167. The second-order valence-corrected chi connectivity index (χ2v) is 4.97. The van der Waals surface area contributed by atoms with E-state index >= 15 is 0 Å². The summed E-state index contributed by atoms with van der Waals surface area (Å²) in [7, 11) is 0. The van der Waals surface area contributed by atoms with Gasteiger partial charge in [-0.25, -0.2) is 0 Å². The Balaban J connectivity index is 2.16. The van der Waals surface area contributed by atoms with E-state index in [1.807, 2.05) is 56.3 Å². The zero-order chi connectivity index (χ0) is 14.4. The molecule has 0 aliphatic rings. The topological polar surface area (TPSA) is 29.1 Å². The van der Waals surface area contributed by atoms with Gasteiger partial charge in [-0.15, -0.1) is 0 Å². The predicted octanol–water partition coefficient (Wildman–Crippen LogP) is 4.45. The third-order valence-corrected chi connectivity index (χ3v) is 2.94. The van der Waals surface area contributed by atoms with Gasteiger partial charge in [0.2, 0.25) is 0 Å². The number of anilines is 1. The number of hydrogen-bond acceptors (Lipinski definition) is 2. The largest absolute Gasteiger partial charge is 0.380 e. The smallest absolute Gasteiger partial charge is 0.187 e. The molecular formula is C18H19NO. The zero-order valence-electron chi connectivity index (χ0n) is 11.9. The van der Waals surface area contributed by atoms with Crippen LogP contribution in [-0.4, -0.2) is 5.78 Å². The van der Waals surface area contributed by atoms with Crippen molar-refractivity contribution < 1.29 is 4.79 Å². The van der Waals surface area contributed by atoms with Crippen LogP contribution in [0.3, 0.4) is 0 Å². The summed E-state index contributed by atoms with van der Waals surface area (Å²) in [5.74, 6) is 0.0427. The highest BCUT2D eigenvalue weighted by Crippen LogP contribution is 2.17. The Hall–Kier alpha value is -2.35. The van der Waals surface area contributed by atoms with Gasteiger partial charge in [-0.05, 0) is 37.6 Å². The highest BCUT2D eigenvalue weighted by molar-refractivity contribution is 6.08. The summed E-state index contributed by atoms with van der Waals surface area (Å²) in [6.07, 6.45) is 1.67. The van der Waals surface area contributed by atoms with Crippen LogP contribution in [0.4, 0.5) is 5.69 Å². The molecule has 0 aromatic heterocycles. The fourth-order valence-electron chi connectivity index (χ4n) is 1.99. The first-order valence-electron chi connectivity index (χ1n) is 6.73. The number of hydrogen-bond donors (Lipinski definition) is 1. The average Bonchev–Trinajstić information content (AvgIpc) is 2.46. The van der Waals surface area contributed by atoms with Crippen LogP contribution in [-0.2, 0) is 6.54 Å². The lowest BCUT2D eigenvalue weighted by Gasteiger charge is -2.10. The number of para-hydroxylation sites is 1. The maximum Gasteiger partial charge on any atom is 0.187 e. The highest BCUT2D eigenvalue weighted by Gasteiger charge is 2.08. The van der Waals surface area contributed by atoms with Gasteiger partial charge >= 0.3 is 0 Å². The minimum Gasteiger partial charge on any atom is -0.380 e. The molecule has 20 heavy (non-hydrogen) atoms. The molecule has 0 saturated carbocycles. The van der Waals surface area contributed by atoms with Crippen molar-refractivity contribution in [2.75, 3.05) is 5.32 Å². The first kappa shape index (κ1) is 14.1. The van der Waals surface area contributed by atoms with Crippen molar-refractivity contribution in [2.24, 2.45) is 0 Å². The Labute approximate surface area is 120 Å². The number of benzene rings is 2. The van der Waals surface area contributed by atoms with Gasteiger partial charge in [0, 0.05) is 17.8 Å². The normalized spacial score (nSPS) is 9.90. The number of ketones is 1.